The van der Waals surface area contributed by atoms with E-state index >= 15 is 0 Å². The van der Waals surface area contributed by atoms with Crippen molar-refractivity contribution in [1.82, 2.24) is 9.80 Å². The summed E-state index contributed by atoms with van der Waals surface area (Å²) in [7, 11) is 0. The number of urea groups is 1. The van der Waals surface area contributed by atoms with Crippen molar-refractivity contribution in [1.29, 1.82) is 5.26 Å². The predicted molar refractivity (Wildman–Crippen MR) is 97.3 cm³/mol. The van der Waals surface area contributed by atoms with Crippen LogP contribution >= 0.6 is 0 Å². The number of likely N-dealkylation sites (tertiary alicyclic amines) is 2. The Balaban J connectivity index is 1.66. The first-order chi connectivity index (χ1) is 12.0. The van der Waals surface area contributed by atoms with Crippen molar-refractivity contribution in [2.24, 2.45) is 5.92 Å². The average molecular weight is 337 g/mol. The first kappa shape index (κ1) is 16.4. The van der Waals surface area contributed by atoms with Crippen molar-refractivity contribution in [3.8, 4) is 6.07 Å². The highest BCUT2D eigenvalue weighted by atomic mass is 16.2. The number of hydrogen-bond acceptors (Lipinski definition) is 2. The molecule has 1 aliphatic carbocycles. The van der Waals surface area contributed by atoms with Crippen molar-refractivity contribution >= 4 is 6.03 Å². The second kappa shape index (κ2) is 6.05. The highest BCUT2D eigenvalue weighted by Crippen LogP contribution is 2.49. The lowest BCUT2D eigenvalue weighted by atomic mass is 9.59. The minimum Gasteiger partial charge on any atom is -0.325 e. The number of carbonyl (C=O) groups is 1. The number of fused-ring (bicyclic) bond motifs is 4. The smallest absolute Gasteiger partial charge is 0.320 e. The largest absolute Gasteiger partial charge is 0.325 e. The zero-order valence-electron chi connectivity index (χ0n) is 15.3. The van der Waals surface area contributed by atoms with Gasteiger partial charge < -0.3 is 9.80 Å². The lowest BCUT2D eigenvalue weighted by Crippen LogP contribution is -2.62. The minimum absolute atomic E-state index is 0.0593. The van der Waals surface area contributed by atoms with Gasteiger partial charge in [-0.2, -0.15) is 5.26 Å². The Bertz CT molecular complexity index is 731. The fourth-order valence-electron chi connectivity index (χ4n) is 5.19. The number of hydrogen-bond donors (Lipinski definition) is 0. The van der Waals surface area contributed by atoms with Crippen LogP contribution in [0.3, 0.4) is 0 Å². The van der Waals surface area contributed by atoms with Gasteiger partial charge in [-0.15, -0.1) is 0 Å². The first-order valence-electron chi connectivity index (χ1n) is 9.63. The second-order valence-corrected chi connectivity index (χ2v) is 8.24. The molecule has 1 aromatic carbocycles. The summed E-state index contributed by atoms with van der Waals surface area (Å²) in [5.74, 6) is 0.413. The quantitative estimate of drug-likeness (QED) is 0.725. The standard InChI is InChI=1S/C21H27N3O/c1-15-19-13-17-7-6-16(14-22)12-18(17)21(15,2)8-11-24(19)20(25)23-9-4-3-5-10-23/h6-7,12,15,19H,3-5,8-11,13H2,1-2H3/t15-,19-,21-/m1/s1. The second-order valence-electron chi connectivity index (χ2n) is 8.24. The van der Waals surface area contributed by atoms with E-state index in [0.717, 1.165) is 50.9 Å². The summed E-state index contributed by atoms with van der Waals surface area (Å²) in [5.41, 5.74) is 3.46. The summed E-state index contributed by atoms with van der Waals surface area (Å²) >= 11 is 0. The number of amides is 2. The molecule has 2 saturated heterocycles. The van der Waals surface area contributed by atoms with Gasteiger partial charge in [-0.05, 0) is 66.7 Å². The average Bonchev–Trinajstić information content (AvgIpc) is 2.65. The summed E-state index contributed by atoms with van der Waals surface area (Å²) in [6.07, 6.45) is 5.41. The molecule has 3 atom stereocenters. The van der Waals surface area contributed by atoms with Crippen LogP contribution in [0.2, 0.25) is 0 Å². The number of piperidine rings is 2. The van der Waals surface area contributed by atoms with Crippen LogP contribution in [0, 0.1) is 17.2 Å². The van der Waals surface area contributed by atoms with Gasteiger partial charge in [0.1, 0.15) is 0 Å². The molecule has 2 aliphatic heterocycles. The molecule has 4 rings (SSSR count). The van der Waals surface area contributed by atoms with E-state index in [1.807, 2.05) is 6.07 Å². The van der Waals surface area contributed by atoms with E-state index in [1.165, 1.54) is 17.5 Å². The van der Waals surface area contributed by atoms with Crippen LogP contribution < -0.4 is 0 Å². The molecular weight excluding hydrogens is 310 g/mol. The predicted octanol–water partition coefficient (Wildman–Crippen LogP) is 3.69. The molecule has 2 bridgehead atoms. The van der Waals surface area contributed by atoms with Gasteiger partial charge in [0.25, 0.3) is 0 Å². The number of carbonyl (C=O) groups excluding carboxylic acids is 1. The van der Waals surface area contributed by atoms with E-state index in [4.69, 9.17) is 0 Å². The highest BCUT2D eigenvalue weighted by Gasteiger charge is 2.50. The van der Waals surface area contributed by atoms with Gasteiger partial charge >= 0.3 is 6.03 Å². The van der Waals surface area contributed by atoms with Crippen LogP contribution in [-0.2, 0) is 11.8 Å². The molecule has 4 nitrogen and oxygen atoms in total. The molecule has 4 heteroatoms. The number of nitriles is 1. The summed E-state index contributed by atoms with van der Waals surface area (Å²) in [5, 5.41) is 9.26. The zero-order chi connectivity index (χ0) is 17.6. The van der Waals surface area contributed by atoms with Gasteiger partial charge in [0.15, 0.2) is 0 Å². The lowest BCUT2D eigenvalue weighted by molar-refractivity contribution is 0.0385. The lowest BCUT2D eigenvalue weighted by Gasteiger charge is -2.55. The Morgan fingerprint density at radius 1 is 1.24 bits per heavy atom. The van der Waals surface area contributed by atoms with Crippen molar-refractivity contribution in [2.45, 2.75) is 57.4 Å². The Kier molecular flexibility index (Phi) is 3.98. The molecule has 2 fully saturated rings. The minimum atomic E-state index is 0.0593. The first-order valence-corrected chi connectivity index (χ1v) is 9.63. The Morgan fingerprint density at radius 2 is 2.00 bits per heavy atom. The van der Waals surface area contributed by atoms with E-state index in [-0.39, 0.29) is 17.5 Å². The van der Waals surface area contributed by atoms with E-state index < -0.39 is 0 Å². The topological polar surface area (TPSA) is 47.3 Å². The molecule has 0 radical (unpaired) electrons. The molecule has 0 spiro atoms. The van der Waals surface area contributed by atoms with Crippen molar-refractivity contribution in [2.75, 3.05) is 19.6 Å². The molecule has 0 saturated carbocycles. The third-order valence-electron chi connectivity index (χ3n) is 7.01. The molecule has 132 valence electrons. The summed E-state index contributed by atoms with van der Waals surface area (Å²) in [6.45, 7) is 7.28. The molecule has 2 amide bonds. The number of nitrogens with zero attached hydrogens (tertiary/aromatic N) is 3. The van der Waals surface area contributed by atoms with E-state index in [0.29, 0.717) is 5.92 Å². The molecule has 1 aromatic rings. The van der Waals surface area contributed by atoms with Gasteiger partial charge in [-0.3, -0.25) is 0 Å². The van der Waals surface area contributed by atoms with E-state index in [9.17, 15) is 10.1 Å². The van der Waals surface area contributed by atoms with Gasteiger partial charge in [0, 0.05) is 25.7 Å². The highest BCUT2D eigenvalue weighted by molar-refractivity contribution is 5.75. The Morgan fingerprint density at radius 3 is 2.72 bits per heavy atom. The monoisotopic (exact) mass is 337 g/mol. The Labute approximate surface area is 150 Å². The maximum Gasteiger partial charge on any atom is 0.320 e. The van der Waals surface area contributed by atoms with Crippen LogP contribution in [0.4, 0.5) is 4.79 Å². The SMILES string of the molecule is C[C@@H]1[C@H]2Cc3ccc(C#N)cc3[C@]1(C)CCN2C(=O)N1CCCCC1. The number of benzene rings is 1. The number of rotatable bonds is 0. The molecule has 0 unspecified atom stereocenters. The molecule has 3 aliphatic rings. The van der Waals surface area contributed by atoms with Crippen LogP contribution in [0.1, 0.15) is 56.2 Å². The fraction of sp³-hybridized carbons (Fsp3) is 0.619. The van der Waals surface area contributed by atoms with E-state index in [2.05, 4.69) is 41.8 Å². The van der Waals surface area contributed by atoms with Crippen molar-refractivity contribution < 1.29 is 4.79 Å². The third kappa shape index (κ3) is 2.52. The fourth-order valence-corrected chi connectivity index (χ4v) is 5.19. The molecule has 2 heterocycles. The normalized spacial score (nSPS) is 31.2. The Hall–Kier alpha value is -2.02. The van der Waals surface area contributed by atoms with Crippen molar-refractivity contribution in [3.05, 3.63) is 34.9 Å². The van der Waals surface area contributed by atoms with Crippen LogP contribution in [0.15, 0.2) is 18.2 Å². The van der Waals surface area contributed by atoms with Gasteiger partial charge in [0.05, 0.1) is 11.6 Å². The summed E-state index contributed by atoms with van der Waals surface area (Å²) in [4.78, 5) is 17.3. The molecule has 0 aromatic heterocycles. The summed E-state index contributed by atoms with van der Waals surface area (Å²) in [6, 6.07) is 8.92. The zero-order valence-corrected chi connectivity index (χ0v) is 15.3. The van der Waals surface area contributed by atoms with Gasteiger partial charge in [-0.1, -0.05) is 19.9 Å². The maximum atomic E-state index is 13.1. The maximum absolute atomic E-state index is 13.1. The van der Waals surface area contributed by atoms with E-state index in [1.54, 1.807) is 0 Å². The molecule has 25 heavy (non-hydrogen) atoms. The molecule has 0 N–H and O–H groups in total. The third-order valence-corrected chi connectivity index (χ3v) is 7.01. The van der Waals surface area contributed by atoms with Crippen molar-refractivity contribution in [3.63, 3.8) is 0 Å². The summed E-state index contributed by atoms with van der Waals surface area (Å²) < 4.78 is 0. The van der Waals surface area contributed by atoms with Gasteiger partial charge in [0.2, 0.25) is 0 Å². The van der Waals surface area contributed by atoms with Crippen LogP contribution in [-0.4, -0.2) is 41.5 Å². The molecular formula is C21H27N3O. The van der Waals surface area contributed by atoms with Crippen LogP contribution in [0.5, 0.6) is 0 Å². The van der Waals surface area contributed by atoms with Crippen LogP contribution in [0.25, 0.3) is 0 Å². The van der Waals surface area contributed by atoms with Gasteiger partial charge in [-0.25, -0.2) is 4.79 Å².